The topological polar surface area (TPSA) is 50.7 Å². The van der Waals surface area contributed by atoms with Crippen LogP contribution in [0.1, 0.15) is 31.9 Å². The Labute approximate surface area is 119 Å². The quantitative estimate of drug-likeness (QED) is 0.857. The smallest absolute Gasteiger partial charge is 0.275 e. The molecule has 1 N–H and O–H groups in total. The molecule has 4 nitrogen and oxygen atoms in total. The number of aliphatic imine (C=N–C) groups is 1. The average Bonchev–Trinajstić information content (AvgIpc) is 2.80. The van der Waals surface area contributed by atoms with Crippen molar-refractivity contribution in [3.05, 3.63) is 35.0 Å². The molecule has 0 bridgehead atoms. The van der Waals surface area contributed by atoms with E-state index >= 15 is 0 Å². The van der Waals surface area contributed by atoms with Crippen molar-refractivity contribution in [1.29, 1.82) is 0 Å². The van der Waals surface area contributed by atoms with Gasteiger partial charge in [0.2, 0.25) is 0 Å². The van der Waals surface area contributed by atoms with Crippen molar-refractivity contribution in [2.45, 2.75) is 27.2 Å². The van der Waals surface area contributed by atoms with Crippen molar-refractivity contribution < 1.29 is 9.53 Å². The standard InChI is InChI=1S/C16H20N2O2/c1-5-11-6-7-14(20-4)12(8-11)9-13-16(19)18-15(17-13)10(2)3/h6-10H,5H2,1-4H3,(H,17,18,19)/b13-9+. The maximum atomic E-state index is 11.9. The van der Waals surface area contributed by atoms with Crippen LogP contribution < -0.4 is 10.1 Å². The first-order valence-corrected chi connectivity index (χ1v) is 6.83. The van der Waals surface area contributed by atoms with Gasteiger partial charge < -0.3 is 10.1 Å². The van der Waals surface area contributed by atoms with Gasteiger partial charge in [0.1, 0.15) is 17.3 Å². The van der Waals surface area contributed by atoms with Crippen molar-refractivity contribution in [3.63, 3.8) is 0 Å². The van der Waals surface area contributed by atoms with Gasteiger partial charge in [0, 0.05) is 11.5 Å². The number of rotatable bonds is 4. The van der Waals surface area contributed by atoms with E-state index in [1.165, 1.54) is 5.56 Å². The van der Waals surface area contributed by atoms with E-state index in [1.807, 2.05) is 32.0 Å². The lowest BCUT2D eigenvalue weighted by molar-refractivity contribution is -0.115. The monoisotopic (exact) mass is 272 g/mol. The van der Waals surface area contributed by atoms with Crippen LogP contribution in [0.15, 0.2) is 28.9 Å². The predicted molar refractivity (Wildman–Crippen MR) is 80.8 cm³/mol. The first-order valence-electron chi connectivity index (χ1n) is 6.83. The molecule has 4 heteroatoms. The number of hydrogen-bond acceptors (Lipinski definition) is 3. The highest BCUT2D eigenvalue weighted by Gasteiger charge is 2.22. The Morgan fingerprint density at radius 2 is 2.15 bits per heavy atom. The van der Waals surface area contributed by atoms with Crippen molar-refractivity contribution in [2.75, 3.05) is 7.11 Å². The second-order valence-corrected chi connectivity index (χ2v) is 5.07. The third kappa shape index (κ3) is 2.90. The molecule has 0 unspecified atom stereocenters. The lowest BCUT2D eigenvalue weighted by Crippen LogP contribution is -2.27. The third-order valence-corrected chi connectivity index (χ3v) is 3.26. The molecule has 1 heterocycles. The van der Waals surface area contributed by atoms with E-state index in [9.17, 15) is 4.79 Å². The number of nitrogens with zero attached hydrogens (tertiary/aromatic N) is 1. The molecule has 0 aliphatic carbocycles. The van der Waals surface area contributed by atoms with E-state index in [4.69, 9.17) is 4.74 Å². The molecule has 1 aliphatic heterocycles. The molecule has 0 saturated heterocycles. The molecule has 1 aromatic rings. The zero-order chi connectivity index (χ0) is 14.7. The van der Waals surface area contributed by atoms with E-state index in [2.05, 4.69) is 17.2 Å². The fourth-order valence-electron chi connectivity index (χ4n) is 2.02. The number of ether oxygens (including phenoxy) is 1. The summed E-state index contributed by atoms with van der Waals surface area (Å²) in [6.07, 6.45) is 2.72. The maximum absolute atomic E-state index is 11.9. The molecule has 0 spiro atoms. The van der Waals surface area contributed by atoms with Crippen LogP contribution in [-0.2, 0) is 11.2 Å². The van der Waals surface area contributed by atoms with Crippen molar-refractivity contribution in [3.8, 4) is 5.75 Å². The van der Waals surface area contributed by atoms with E-state index in [1.54, 1.807) is 13.2 Å². The van der Waals surface area contributed by atoms with Gasteiger partial charge in [-0.05, 0) is 30.2 Å². The molecule has 1 amide bonds. The molecule has 0 aromatic heterocycles. The molecule has 20 heavy (non-hydrogen) atoms. The van der Waals surface area contributed by atoms with E-state index in [0.29, 0.717) is 11.5 Å². The van der Waals surface area contributed by atoms with Gasteiger partial charge in [0.25, 0.3) is 5.91 Å². The fraction of sp³-hybridized carbons (Fsp3) is 0.375. The largest absolute Gasteiger partial charge is 0.496 e. The van der Waals surface area contributed by atoms with Crippen LogP contribution in [0.2, 0.25) is 0 Å². The summed E-state index contributed by atoms with van der Waals surface area (Å²) >= 11 is 0. The van der Waals surface area contributed by atoms with Crippen LogP contribution in [-0.4, -0.2) is 18.9 Å². The van der Waals surface area contributed by atoms with Gasteiger partial charge in [0.15, 0.2) is 0 Å². The van der Waals surface area contributed by atoms with Gasteiger partial charge in [-0.3, -0.25) is 4.79 Å². The van der Waals surface area contributed by atoms with Gasteiger partial charge >= 0.3 is 0 Å². The number of hydrogen-bond donors (Lipinski definition) is 1. The van der Waals surface area contributed by atoms with Crippen LogP contribution in [0, 0.1) is 5.92 Å². The summed E-state index contributed by atoms with van der Waals surface area (Å²) in [5.41, 5.74) is 2.51. The molecule has 1 aromatic carbocycles. The van der Waals surface area contributed by atoms with Crippen LogP contribution >= 0.6 is 0 Å². The van der Waals surface area contributed by atoms with E-state index in [-0.39, 0.29) is 11.8 Å². The highest BCUT2D eigenvalue weighted by atomic mass is 16.5. The Hall–Kier alpha value is -2.10. The third-order valence-electron chi connectivity index (χ3n) is 3.26. The molecule has 0 atom stereocenters. The van der Waals surface area contributed by atoms with Crippen LogP contribution in [0.25, 0.3) is 6.08 Å². The average molecular weight is 272 g/mol. The number of amides is 1. The number of methoxy groups -OCH3 is 1. The molecule has 1 aliphatic rings. The minimum atomic E-state index is -0.155. The first kappa shape index (κ1) is 14.3. The van der Waals surface area contributed by atoms with Gasteiger partial charge in [-0.15, -0.1) is 0 Å². The number of aryl methyl sites for hydroxylation is 1. The minimum absolute atomic E-state index is 0.155. The van der Waals surface area contributed by atoms with Gasteiger partial charge in [-0.2, -0.15) is 0 Å². The molecule has 0 radical (unpaired) electrons. The lowest BCUT2D eigenvalue weighted by atomic mass is 10.1. The second kappa shape index (κ2) is 5.90. The summed E-state index contributed by atoms with van der Waals surface area (Å²) in [5.74, 6) is 1.51. The fourth-order valence-corrected chi connectivity index (χ4v) is 2.02. The van der Waals surface area contributed by atoms with E-state index in [0.717, 1.165) is 17.7 Å². The number of nitrogens with one attached hydrogen (secondary N) is 1. The summed E-state index contributed by atoms with van der Waals surface area (Å²) in [4.78, 5) is 16.3. The number of benzene rings is 1. The van der Waals surface area contributed by atoms with E-state index < -0.39 is 0 Å². The number of amidine groups is 1. The highest BCUT2D eigenvalue weighted by molar-refractivity contribution is 6.14. The highest BCUT2D eigenvalue weighted by Crippen LogP contribution is 2.24. The molecule has 0 saturated carbocycles. The van der Waals surface area contributed by atoms with Crippen LogP contribution in [0.3, 0.4) is 0 Å². The molecular formula is C16H20N2O2. The molecule has 2 rings (SSSR count). The molecular weight excluding hydrogens is 252 g/mol. The number of carbonyl (C=O) groups excluding carboxylic acids is 1. The SMILES string of the molecule is CCc1ccc(OC)c(/C=C2/N=C(C(C)C)NC2=O)c1. The van der Waals surface area contributed by atoms with Crippen LogP contribution in [0.5, 0.6) is 5.75 Å². The molecule has 0 fully saturated rings. The minimum Gasteiger partial charge on any atom is -0.496 e. The van der Waals surface area contributed by atoms with Crippen LogP contribution in [0.4, 0.5) is 0 Å². The summed E-state index contributed by atoms with van der Waals surface area (Å²) in [5, 5.41) is 2.79. The van der Waals surface area contributed by atoms with Gasteiger partial charge in [0.05, 0.1) is 7.11 Å². The maximum Gasteiger partial charge on any atom is 0.275 e. The summed E-state index contributed by atoms with van der Waals surface area (Å²) in [6.45, 7) is 6.09. The Morgan fingerprint density at radius 1 is 1.40 bits per heavy atom. The summed E-state index contributed by atoms with van der Waals surface area (Å²) in [6, 6.07) is 5.98. The number of carbonyl (C=O) groups is 1. The Morgan fingerprint density at radius 3 is 2.70 bits per heavy atom. The van der Waals surface area contributed by atoms with Crippen molar-refractivity contribution in [1.82, 2.24) is 5.32 Å². The van der Waals surface area contributed by atoms with Gasteiger partial charge in [-0.1, -0.05) is 26.8 Å². The Kier molecular flexibility index (Phi) is 4.23. The van der Waals surface area contributed by atoms with Crippen molar-refractivity contribution in [2.24, 2.45) is 10.9 Å². The summed E-state index contributed by atoms with van der Waals surface area (Å²) in [7, 11) is 1.63. The second-order valence-electron chi connectivity index (χ2n) is 5.07. The zero-order valence-corrected chi connectivity index (χ0v) is 12.4. The Balaban J connectivity index is 2.42. The lowest BCUT2D eigenvalue weighted by Gasteiger charge is -2.07. The Bertz CT molecular complexity index is 586. The van der Waals surface area contributed by atoms with Gasteiger partial charge in [-0.25, -0.2) is 4.99 Å². The normalized spacial score (nSPS) is 16.6. The zero-order valence-electron chi connectivity index (χ0n) is 12.4. The first-order chi connectivity index (χ1) is 9.55. The van der Waals surface area contributed by atoms with Crippen molar-refractivity contribution >= 4 is 17.8 Å². The summed E-state index contributed by atoms with van der Waals surface area (Å²) < 4.78 is 5.34. The predicted octanol–water partition coefficient (Wildman–Crippen LogP) is 2.78. The molecule has 106 valence electrons.